The summed E-state index contributed by atoms with van der Waals surface area (Å²) >= 11 is 0. The number of aromatic nitrogens is 2. The number of fused-ring (bicyclic) bond motifs is 1. The molecule has 0 aliphatic heterocycles. The van der Waals surface area contributed by atoms with Gasteiger partial charge in [0, 0.05) is 19.0 Å². The van der Waals surface area contributed by atoms with E-state index in [1.165, 1.54) is 10.5 Å². The number of hydrogen-bond donors (Lipinski definition) is 1. The summed E-state index contributed by atoms with van der Waals surface area (Å²) in [5, 5.41) is 9.68. The molecular weight excluding hydrogens is 430 g/mol. The van der Waals surface area contributed by atoms with E-state index in [9.17, 15) is 36.2 Å². The minimum absolute atomic E-state index is 0.0150. The van der Waals surface area contributed by atoms with Crippen LogP contribution in [0, 0.1) is 19.8 Å². The number of nitrogens with zero attached hydrogens (tertiary/aromatic N) is 2. The van der Waals surface area contributed by atoms with Crippen molar-refractivity contribution < 1.29 is 41.0 Å². The van der Waals surface area contributed by atoms with Gasteiger partial charge in [-0.25, -0.2) is 4.98 Å². The summed E-state index contributed by atoms with van der Waals surface area (Å²) in [4.78, 5) is 16.9. The fraction of sp³-hybridized carbons (Fsp3) is 0.600. The molecule has 0 amide bonds. The van der Waals surface area contributed by atoms with Crippen LogP contribution in [-0.2, 0) is 0 Å². The zero-order chi connectivity index (χ0) is 23.6. The number of carbonyl (C=O) groups is 1. The number of hydrogen-bond acceptors (Lipinski definition) is 4. The van der Waals surface area contributed by atoms with Gasteiger partial charge in [-0.3, -0.25) is 9.20 Å². The maximum atomic E-state index is 12.7. The minimum Gasteiger partial charge on any atom is -0.490 e. The van der Waals surface area contributed by atoms with Gasteiger partial charge in [0.15, 0.2) is 23.1 Å². The number of imidazole rings is 1. The highest BCUT2D eigenvalue weighted by atomic mass is 19.4. The molecule has 0 saturated heterocycles. The average molecular weight is 454 g/mol. The van der Waals surface area contributed by atoms with Gasteiger partial charge in [0.05, 0.1) is 18.4 Å². The Hall–Kier alpha value is -2.30. The highest BCUT2D eigenvalue weighted by Gasteiger charge is 2.56. The van der Waals surface area contributed by atoms with Crippen LogP contribution in [-0.4, -0.2) is 45.3 Å². The number of carbonyl (C=O) groups excluding carboxylic acids is 1. The van der Waals surface area contributed by atoms with Crippen LogP contribution in [0.2, 0.25) is 0 Å². The van der Waals surface area contributed by atoms with E-state index in [2.05, 4.69) is 4.98 Å². The summed E-state index contributed by atoms with van der Waals surface area (Å²) in [6, 6.07) is 1.44. The van der Waals surface area contributed by atoms with E-state index in [4.69, 9.17) is 4.74 Å². The number of alkyl halides is 6. The normalized spacial score (nSPS) is 13.8. The summed E-state index contributed by atoms with van der Waals surface area (Å²) < 4.78 is 82.9. The van der Waals surface area contributed by atoms with E-state index in [1.807, 2.05) is 0 Å². The molecule has 1 N–H and O–H groups in total. The van der Waals surface area contributed by atoms with Crippen LogP contribution in [0.25, 0.3) is 5.65 Å². The van der Waals surface area contributed by atoms with Crippen LogP contribution in [0.4, 0.5) is 26.3 Å². The largest absolute Gasteiger partial charge is 0.490 e. The zero-order valence-electron chi connectivity index (χ0n) is 17.3. The van der Waals surface area contributed by atoms with Gasteiger partial charge in [-0.15, -0.1) is 0 Å². The van der Waals surface area contributed by atoms with Gasteiger partial charge in [-0.1, -0.05) is 6.92 Å². The Morgan fingerprint density at radius 3 is 2.32 bits per heavy atom. The van der Waals surface area contributed by atoms with Crippen molar-refractivity contribution >= 4 is 11.4 Å². The molecular formula is C20H24F6N2O3. The molecule has 11 heteroatoms. The summed E-state index contributed by atoms with van der Waals surface area (Å²) in [5.74, 6) is -3.80. The molecule has 1 unspecified atom stereocenters. The third kappa shape index (κ3) is 6.11. The Kier molecular flexibility index (Phi) is 7.61. The average Bonchev–Trinajstić information content (AvgIpc) is 2.96. The second-order valence-corrected chi connectivity index (χ2v) is 7.42. The summed E-state index contributed by atoms with van der Waals surface area (Å²) in [5.41, 5.74) is 1.27. The summed E-state index contributed by atoms with van der Waals surface area (Å²) in [7, 11) is 0. The van der Waals surface area contributed by atoms with Crippen LogP contribution >= 0.6 is 0 Å². The van der Waals surface area contributed by atoms with Gasteiger partial charge in [-0.05, 0) is 38.3 Å². The van der Waals surface area contributed by atoms with Crippen LogP contribution in [0.15, 0.2) is 12.3 Å². The zero-order valence-corrected chi connectivity index (χ0v) is 17.3. The first kappa shape index (κ1) is 25.0. The Balaban J connectivity index is 2.27. The first-order valence-corrected chi connectivity index (χ1v) is 9.72. The minimum atomic E-state index is -5.43. The molecule has 1 atom stereocenters. The van der Waals surface area contributed by atoms with Gasteiger partial charge >= 0.3 is 12.4 Å². The number of Topliss-reactive ketones (excluding diaryl/α,β-unsaturated/α-hetero) is 1. The lowest BCUT2D eigenvalue weighted by Gasteiger charge is -2.22. The lowest BCUT2D eigenvalue weighted by molar-refractivity contribution is -0.286. The fourth-order valence-corrected chi connectivity index (χ4v) is 3.22. The number of aliphatic hydroxyl groups is 1. The number of ketones is 1. The van der Waals surface area contributed by atoms with Crippen molar-refractivity contribution in [1.29, 1.82) is 0 Å². The molecule has 0 aliphatic rings. The van der Waals surface area contributed by atoms with Crippen molar-refractivity contribution in [2.45, 2.75) is 64.9 Å². The van der Waals surface area contributed by atoms with E-state index >= 15 is 0 Å². The number of halogens is 6. The molecule has 2 rings (SSSR count). The van der Waals surface area contributed by atoms with Crippen molar-refractivity contribution in [3.05, 3.63) is 29.2 Å². The van der Waals surface area contributed by atoms with E-state index in [1.54, 1.807) is 27.0 Å². The summed E-state index contributed by atoms with van der Waals surface area (Å²) in [6.45, 7) is 4.16. The molecule has 0 bridgehead atoms. The third-order valence-electron chi connectivity index (χ3n) is 4.89. The van der Waals surface area contributed by atoms with Gasteiger partial charge in [-0.2, -0.15) is 26.3 Å². The SMILES string of the molecule is CCC(O)CCC(=O)c1c(C)nc2c(OCCC(C(F)(F)F)C(F)(F)F)cc(C)cn12. The Morgan fingerprint density at radius 1 is 1.16 bits per heavy atom. The quantitative estimate of drug-likeness (QED) is 0.418. The number of ether oxygens (including phenoxy) is 1. The number of pyridine rings is 1. The molecule has 5 nitrogen and oxygen atoms in total. The Morgan fingerprint density at radius 2 is 1.77 bits per heavy atom. The number of aryl methyl sites for hydroxylation is 2. The van der Waals surface area contributed by atoms with Gasteiger partial charge in [0.2, 0.25) is 0 Å². The molecule has 31 heavy (non-hydrogen) atoms. The second-order valence-electron chi connectivity index (χ2n) is 7.42. The van der Waals surface area contributed by atoms with Crippen LogP contribution < -0.4 is 4.74 Å². The Labute approximate surface area is 175 Å². The van der Waals surface area contributed by atoms with Crippen molar-refractivity contribution in [3.8, 4) is 5.75 Å². The molecule has 2 aromatic rings. The molecule has 0 radical (unpaired) electrons. The van der Waals surface area contributed by atoms with E-state index in [-0.39, 0.29) is 35.7 Å². The fourth-order valence-electron chi connectivity index (χ4n) is 3.22. The molecule has 2 aromatic heterocycles. The predicted molar refractivity (Wildman–Crippen MR) is 100 cm³/mol. The van der Waals surface area contributed by atoms with E-state index in [0.717, 1.165) is 0 Å². The second kappa shape index (κ2) is 9.46. The standard InChI is InChI=1S/C20H24F6N2O3/c1-4-13(29)5-6-14(30)17-12(3)27-18-15(9-11(2)10-28(17)18)31-8-7-16(19(21,22)23)20(24,25)26/h9-10,13,16,29H,4-8H2,1-3H3. The predicted octanol–water partition coefficient (Wildman–Crippen LogP) is 5.19. The first-order chi connectivity index (χ1) is 14.3. The highest BCUT2D eigenvalue weighted by Crippen LogP contribution is 2.41. The maximum absolute atomic E-state index is 12.7. The molecule has 0 aliphatic carbocycles. The van der Waals surface area contributed by atoms with E-state index < -0.39 is 37.4 Å². The molecule has 0 aromatic carbocycles. The lowest BCUT2D eigenvalue weighted by Crippen LogP contribution is -2.37. The molecule has 0 saturated carbocycles. The van der Waals surface area contributed by atoms with Gasteiger partial charge in [0.25, 0.3) is 0 Å². The third-order valence-corrected chi connectivity index (χ3v) is 4.89. The lowest BCUT2D eigenvalue weighted by atomic mass is 10.1. The van der Waals surface area contributed by atoms with Crippen LogP contribution in [0.3, 0.4) is 0 Å². The Bertz CT molecular complexity index is 906. The number of rotatable bonds is 9. The van der Waals surface area contributed by atoms with Crippen molar-refractivity contribution in [3.63, 3.8) is 0 Å². The number of aliphatic hydroxyl groups excluding tert-OH is 1. The van der Waals surface area contributed by atoms with E-state index in [0.29, 0.717) is 17.7 Å². The van der Waals surface area contributed by atoms with Crippen LogP contribution in [0.1, 0.15) is 54.4 Å². The molecule has 0 spiro atoms. The van der Waals surface area contributed by atoms with Crippen molar-refractivity contribution in [2.24, 2.45) is 5.92 Å². The monoisotopic (exact) mass is 454 g/mol. The van der Waals surface area contributed by atoms with Gasteiger partial charge in [0.1, 0.15) is 5.69 Å². The van der Waals surface area contributed by atoms with Crippen LogP contribution in [0.5, 0.6) is 5.75 Å². The molecule has 2 heterocycles. The maximum Gasteiger partial charge on any atom is 0.400 e. The molecule has 174 valence electrons. The molecule has 0 fully saturated rings. The van der Waals surface area contributed by atoms with Crippen molar-refractivity contribution in [1.82, 2.24) is 9.38 Å². The highest BCUT2D eigenvalue weighted by molar-refractivity contribution is 5.96. The summed E-state index contributed by atoms with van der Waals surface area (Å²) in [6.07, 6.45) is -10.4. The first-order valence-electron chi connectivity index (χ1n) is 9.72. The van der Waals surface area contributed by atoms with Crippen molar-refractivity contribution in [2.75, 3.05) is 6.61 Å². The van der Waals surface area contributed by atoms with Gasteiger partial charge < -0.3 is 9.84 Å². The topological polar surface area (TPSA) is 63.8 Å². The smallest absolute Gasteiger partial charge is 0.400 e.